The predicted molar refractivity (Wildman–Crippen MR) is 77.6 cm³/mol. The molecule has 0 heterocycles. The third kappa shape index (κ3) is 3.09. The first-order valence-electron chi connectivity index (χ1n) is 7.50. The van der Waals surface area contributed by atoms with E-state index in [-0.39, 0.29) is 11.7 Å². The number of benzene rings is 1. The van der Waals surface area contributed by atoms with Crippen LogP contribution in [0.5, 0.6) is 0 Å². The molecule has 0 N–H and O–H groups in total. The fourth-order valence-electron chi connectivity index (χ4n) is 3.02. The molecule has 0 aromatic heterocycles. The van der Waals surface area contributed by atoms with Gasteiger partial charge in [-0.05, 0) is 49.5 Å². The zero-order chi connectivity index (χ0) is 13.9. The minimum absolute atomic E-state index is 0.115. The number of rotatable bonds is 4. The van der Waals surface area contributed by atoms with Gasteiger partial charge in [0.1, 0.15) is 5.82 Å². The molecule has 0 bridgehead atoms. The summed E-state index contributed by atoms with van der Waals surface area (Å²) in [6.07, 6.45) is 10.5. The topological polar surface area (TPSA) is 20.3 Å². The number of carbonyl (C=O) groups excluding carboxylic acids is 1. The van der Waals surface area contributed by atoms with E-state index in [4.69, 9.17) is 0 Å². The summed E-state index contributed by atoms with van der Waals surface area (Å²) in [5.41, 5.74) is 0.863. The maximum absolute atomic E-state index is 12.8. The summed E-state index contributed by atoms with van der Waals surface area (Å²) >= 11 is 0. The van der Waals surface area contributed by atoms with Crippen molar-refractivity contribution >= 4 is 12.0 Å². The second-order valence-corrected chi connectivity index (χ2v) is 5.80. The first-order chi connectivity index (χ1) is 9.74. The van der Waals surface area contributed by atoms with Crippen molar-refractivity contribution in [2.24, 2.45) is 0 Å². The summed E-state index contributed by atoms with van der Waals surface area (Å²) in [5.74, 6) is -0.136. The third-order valence-electron chi connectivity index (χ3n) is 4.20. The maximum atomic E-state index is 12.8. The van der Waals surface area contributed by atoms with Gasteiger partial charge in [0.25, 0.3) is 0 Å². The molecule has 2 aliphatic rings. The van der Waals surface area contributed by atoms with E-state index in [2.05, 4.69) is 4.90 Å². The lowest BCUT2D eigenvalue weighted by molar-refractivity contribution is -0.128. The summed E-state index contributed by atoms with van der Waals surface area (Å²) in [7, 11) is 0. The Kier molecular flexibility index (Phi) is 3.86. The van der Waals surface area contributed by atoms with E-state index in [9.17, 15) is 9.18 Å². The molecule has 0 unspecified atom stereocenters. The van der Waals surface area contributed by atoms with Gasteiger partial charge in [-0.25, -0.2) is 4.39 Å². The van der Waals surface area contributed by atoms with Gasteiger partial charge in [0.2, 0.25) is 5.91 Å². The molecule has 3 heteroatoms. The molecule has 20 heavy (non-hydrogen) atoms. The summed E-state index contributed by atoms with van der Waals surface area (Å²) in [4.78, 5) is 14.5. The molecule has 0 radical (unpaired) electrons. The zero-order valence-corrected chi connectivity index (χ0v) is 11.6. The first-order valence-corrected chi connectivity index (χ1v) is 7.50. The van der Waals surface area contributed by atoms with Crippen molar-refractivity contribution in [1.29, 1.82) is 0 Å². The lowest BCUT2D eigenvalue weighted by atomic mass is 10.1. The van der Waals surface area contributed by atoms with Crippen molar-refractivity contribution in [3.05, 3.63) is 41.7 Å². The van der Waals surface area contributed by atoms with Crippen LogP contribution in [0.2, 0.25) is 0 Å². The van der Waals surface area contributed by atoms with Crippen LogP contribution in [0.25, 0.3) is 6.08 Å². The van der Waals surface area contributed by atoms with E-state index < -0.39 is 0 Å². The van der Waals surface area contributed by atoms with Gasteiger partial charge in [-0.15, -0.1) is 0 Å². The van der Waals surface area contributed by atoms with Crippen molar-refractivity contribution in [3.63, 3.8) is 0 Å². The Hall–Kier alpha value is -1.64. The Morgan fingerprint density at radius 2 is 1.65 bits per heavy atom. The smallest absolute Gasteiger partial charge is 0.247 e. The standard InChI is InChI=1S/C17H20FNO/c18-14-8-5-13(6-9-14)7-12-17(20)19(16-10-11-16)15-3-1-2-4-15/h5-9,12,15-16H,1-4,10-11H2/b12-7+. The highest BCUT2D eigenvalue weighted by Gasteiger charge is 2.37. The molecule has 2 saturated carbocycles. The van der Waals surface area contributed by atoms with Crippen LogP contribution in [0.15, 0.2) is 30.3 Å². The Bertz CT molecular complexity index is 498. The Morgan fingerprint density at radius 3 is 2.25 bits per heavy atom. The highest BCUT2D eigenvalue weighted by molar-refractivity contribution is 5.92. The number of nitrogens with zero attached hydrogens (tertiary/aromatic N) is 1. The molecular formula is C17H20FNO. The lowest BCUT2D eigenvalue weighted by Crippen LogP contribution is -2.39. The van der Waals surface area contributed by atoms with Crippen LogP contribution in [0.4, 0.5) is 4.39 Å². The fourth-order valence-corrected chi connectivity index (χ4v) is 3.02. The first kappa shape index (κ1) is 13.3. The van der Waals surface area contributed by atoms with E-state index in [1.54, 1.807) is 24.3 Å². The quantitative estimate of drug-likeness (QED) is 0.765. The van der Waals surface area contributed by atoms with E-state index in [1.165, 1.54) is 25.0 Å². The molecular weight excluding hydrogens is 253 g/mol. The Labute approximate surface area is 119 Å². The number of carbonyl (C=O) groups is 1. The predicted octanol–water partition coefficient (Wildman–Crippen LogP) is 3.77. The molecule has 0 spiro atoms. The van der Waals surface area contributed by atoms with E-state index in [0.29, 0.717) is 12.1 Å². The molecule has 2 nitrogen and oxygen atoms in total. The number of amides is 1. The molecule has 1 amide bonds. The van der Waals surface area contributed by atoms with Crippen LogP contribution in [0, 0.1) is 5.82 Å². The van der Waals surface area contributed by atoms with Crippen molar-refractivity contribution < 1.29 is 9.18 Å². The van der Waals surface area contributed by atoms with Crippen LogP contribution in [-0.2, 0) is 4.79 Å². The van der Waals surface area contributed by atoms with Gasteiger partial charge in [-0.3, -0.25) is 4.79 Å². The molecule has 2 fully saturated rings. The second kappa shape index (κ2) is 5.78. The van der Waals surface area contributed by atoms with Crippen molar-refractivity contribution in [1.82, 2.24) is 4.90 Å². The van der Waals surface area contributed by atoms with Gasteiger partial charge in [0, 0.05) is 18.2 Å². The SMILES string of the molecule is O=C(/C=C/c1ccc(F)cc1)N(C1CCCC1)C1CC1. The van der Waals surface area contributed by atoms with Crippen LogP contribution >= 0.6 is 0 Å². The van der Waals surface area contributed by atoms with E-state index in [1.807, 2.05) is 0 Å². The number of halogens is 1. The molecule has 3 rings (SSSR count). The third-order valence-corrected chi connectivity index (χ3v) is 4.20. The van der Waals surface area contributed by atoms with Gasteiger partial charge >= 0.3 is 0 Å². The molecule has 2 aliphatic carbocycles. The largest absolute Gasteiger partial charge is 0.333 e. The zero-order valence-electron chi connectivity index (χ0n) is 11.6. The molecule has 1 aromatic rings. The fraction of sp³-hybridized carbons (Fsp3) is 0.471. The highest BCUT2D eigenvalue weighted by atomic mass is 19.1. The summed E-state index contributed by atoms with van der Waals surface area (Å²) in [6.45, 7) is 0. The van der Waals surface area contributed by atoms with E-state index in [0.717, 1.165) is 31.2 Å². The molecule has 0 atom stereocenters. The average molecular weight is 273 g/mol. The normalized spacial score (nSPS) is 19.6. The Morgan fingerprint density at radius 1 is 1.05 bits per heavy atom. The highest BCUT2D eigenvalue weighted by Crippen LogP contribution is 2.34. The van der Waals surface area contributed by atoms with Gasteiger partial charge in [-0.2, -0.15) is 0 Å². The number of hydrogen-bond donors (Lipinski definition) is 0. The maximum Gasteiger partial charge on any atom is 0.247 e. The van der Waals surface area contributed by atoms with Gasteiger partial charge < -0.3 is 4.90 Å². The molecule has 0 aliphatic heterocycles. The average Bonchev–Trinajstić information content (AvgIpc) is 3.13. The minimum Gasteiger partial charge on any atom is -0.333 e. The monoisotopic (exact) mass is 273 g/mol. The van der Waals surface area contributed by atoms with Crippen molar-refractivity contribution in [2.45, 2.75) is 50.6 Å². The Balaban J connectivity index is 1.68. The van der Waals surface area contributed by atoms with Crippen molar-refractivity contribution in [3.8, 4) is 0 Å². The summed E-state index contributed by atoms with van der Waals surface area (Å²) < 4.78 is 12.8. The lowest BCUT2D eigenvalue weighted by Gasteiger charge is -2.27. The van der Waals surface area contributed by atoms with Crippen LogP contribution in [0.1, 0.15) is 44.1 Å². The minimum atomic E-state index is -0.251. The van der Waals surface area contributed by atoms with Crippen LogP contribution < -0.4 is 0 Å². The van der Waals surface area contributed by atoms with Gasteiger partial charge in [0.15, 0.2) is 0 Å². The summed E-state index contributed by atoms with van der Waals surface area (Å²) in [5, 5.41) is 0. The molecule has 0 saturated heterocycles. The van der Waals surface area contributed by atoms with Crippen molar-refractivity contribution in [2.75, 3.05) is 0 Å². The van der Waals surface area contributed by atoms with Crippen LogP contribution in [-0.4, -0.2) is 22.9 Å². The van der Waals surface area contributed by atoms with Gasteiger partial charge in [0.05, 0.1) is 0 Å². The summed E-state index contributed by atoms with van der Waals surface area (Å²) in [6, 6.07) is 7.11. The molecule has 106 valence electrons. The second-order valence-electron chi connectivity index (χ2n) is 5.80. The van der Waals surface area contributed by atoms with Gasteiger partial charge in [-0.1, -0.05) is 25.0 Å². The van der Waals surface area contributed by atoms with Crippen LogP contribution in [0.3, 0.4) is 0 Å². The molecule has 1 aromatic carbocycles. The van der Waals surface area contributed by atoms with E-state index >= 15 is 0 Å². The number of hydrogen-bond acceptors (Lipinski definition) is 1.